The van der Waals surface area contributed by atoms with Crippen LogP contribution in [-0.4, -0.2) is 69.3 Å². The average molecular weight is 422 g/mol. The third kappa shape index (κ3) is 4.57. The Labute approximate surface area is 171 Å². The van der Waals surface area contributed by atoms with Crippen molar-refractivity contribution in [1.29, 1.82) is 0 Å². The molecule has 0 spiro atoms. The Morgan fingerprint density at radius 1 is 1.43 bits per heavy atom. The summed E-state index contributed by atoms with van der Waals surface area (Å²) in [6, 6.07) is 5.09. The number of aliphatic hydroxyl groups excluding tert-OH is 2. The maximum absolute atomic E-state index is 12.4. The Hall–Kier alpha value is -3.06. The molecule has 3 rings (SSSR count). The topological polar surface area (TPSA) is 177 Å². The van der Waals surface area contributed by atoms with Crippen molar-refractivity contribution >= 4 is 17.7 Å². The third-order valence-electron chi connectivity index (χ3n) is 4.85. The Bertz CT molecular complexity index is 845. The number of benzene rings is 1. The first-order chi connectivity index (χ1) is 14.2. The summed E-state index contributed by atoms with van der Waals surface area (Å²) in [6.45, 7) is -0.433. The van der Waals surface area contributed by atoms with E-state index in [4.69, 9.17) is 20.3 Å². The third-order valence-corrected chi connectivity index (χ3v) is 4.85. The fraction of sp³-hybridized carbons (Fsp3) is 0.444. The molecule has 1 saturated heterocycles. The molecule has 5 N–H and O–H groups in total. The first-order valence-corrected chi connectivity index (χ1v) is 9.17. The normalized spacial score (nSPS) is 28.3. The minimum atomic E-state index is -1.88. The molecule has 2 heterocycles. The fourth-order valence-corrected chi connectivity index (χ4v) is 3.11. The van der Waals surface area contributed by atoms with Gasteiger partial charge in [0.05, 0.1) is 24.2 Å². The van der Waals surface area contributed by atoms with Crippen LogP contribution in [0.1, 0.15) is 12.0 Å². The van der Waals surface area contributed by atoms with Gasteiger partial charge in [-0.05, 0) is 11.6 Å². The van der Waals surface area contributed by atoms with Crippen molar-refractivity contribution in [2.75, 3.05) is 13.2 Å². The van der Waals surface area contributed by atoms with E-state index < -0.39 is 47.6 Å². The lowest BCUT2D eigenvalue weighted by molar-refractivity contribution is -0.384. The zero-order valence-corrected chi connectivity index (χ0v) is 15.8. The molecule has 0 saturated carbocycles. The number of nitro groups is 1. The number of esters is 1. The molecule has 12 heteroatoms. The first kappa shape index (κ1) is 21.6. The average Bonchev–Trinajstić information content (AvgIpc) is 3.08. The largest absolute Gasteiger partial charge is 0.462 e. The maximum Gasteiger partial charge on any atom is 0.351 e. The van der Waals surface area contributed by atoms with Crippen LogP contribution in [0.2, 0.25) is 0 Å². The summed E-state index contributed by atoms with van der Waals surface area (Å²) < 4.78 is 10.6. The number of aliphatic hydroxyl groups is 2. The van der Waals surface area contributed by atoms with Crippen molar-refractivity contribution in [3.05, 3.63) is 52.2 Å². The smallest absolute Gasteiger partial charge is 0.351 e. The number of carbonyl (C=O) groups is 2. The number of ether oxygens (including phenoxy) is 2. The second-order valence-corrected chi connectivity index (χ2v) is 6.95. The van der Waals surface area contributed by atoms with E-state index in [-0.39, 0.29) is 18.7 Å². The van der Waals surface area contributed by atoms with Crippen LogP contribution in [0.25, 0.3) is 0 Å². The van der Waals surface area contributed by atoms with Gasteiger partial charge in [0.1, 0.15) is 12.3 Å². The highest BCUT2D eigenvalue weighted by Crippen LogP contribution is 2.25. The van der Waals surface area contributed by atoms with Crippen molar-refractivity contribution < 1.29 is 34.2 Å². The van der Waals surface area contributed by atoms with Crippen molar-refractivity contribution in [2.24, 2.45) is 5.73 Å². The minimum absolute atomic E-state index is 0.0414. The summed E-state index contributed by atoms with van der Waals surface area (Å²) in [4.78, 5) is 36.0. The van der Waals surface area contributed by atoms with Crippen LogP contribution in [0.15, 0.2) is 36.5 Å². The fourth-order valence-electron chi connectivity index (χ4n) is 3.11. The van der Waals surface area contributed by atoms with Gasteiger partial charge in [0.15, 0.2) is 0 Å². The number of nitrogens with two attached hydrogens (primary N) is 1. The molecule has 0 aromatic heterocycles. The standard InChI is InChI=1S/C18H22N4O8/c19-18(16(25)29-8-5-11-1-3-12(4-2-11)22(27)28)6-7-21(17(26)20-18)15-9-13(24)14(10-23)30-15/h1-4,6-7,13-15,23-24H,5,8-10,19H2,(H,20,26)/t13-,14+,15+,18?/m0/s1. The van der Waals surface area contributed by atoms with Crippen molar-refractivity contribution in [1.82, 2.24) is 10.2 Å². The van der Waals surface area contributed by atoms with Gasteiger partial charge in [-0.25, -0.2) is 9.59 Å². The van der Waals surface area contributed by atoms with E-state index in [0.29, 0.717) is 6.42 Å². The Balaban J connectivity index is 1.54. The predicted molar refractivity (Wildman–Crippen MR) is 101 cm³/mol. The molecule has 12 nitrogen and oxygen atoms in total. The molecule has 1 unspecified atom stereocenters. The van der Waals surface area contributed by atoms with Gasteiger partial charge in [0.2, 0.25) is 5.66 Å². The summed E-state index contributed by atoms with van der Waals surface area (Å²) in [5.74, 6) is -0.880. The number of amides is 2. The lowest BCUT2D eigenvalue weighted by atomic mass is 10.1. The van der Waals surface area contributed by atoms with E-state index in [9.17, 15) is 24.8 Å². The van der Waals surface area contributed by atoms with E-state index in [1.165, 1.54) is 24.4 Å². The van der Waals surface area contributed by atoms with E-state index in [1.807, 2.05) is 0 Å². The zero-order chi connectivity index (χ0) is 21.9. The number of carbonyl (C=O) groups excluding carboxylic acids is 2. The summed E-state index contributed by atoms with van der Waals surface area (Å²) >= 11 is 0. The Morgan fingerprint density at radius 3 is 2.70 bits per heavy atom. The SMILES string of the molecule is NC1(C(=O)OCCc2ccc([N+](=O)[O-])cc2)C=CN([C@H]2C[C@H](O)[C@@H](CO)O2)C(=O)N1. The van der Waals surface area contributed by atoms with E-state index in [1.54, 1.807) is 12.1 Å². The van der Waals surface area contributed by atoms with Crippen LogP contribution in [0.5, 0.6) is 0 Å². The number of urea groups is 1. The molecule has 0 radical (unpaired) electrons. The summed E-state index contributed by atoms with van der Waals surface area (Å²) in [7, 11) is 0. The van der Waals surface area contributed by atoms with Crippen LogP contribution < -0.4 is 11.1 Å². The molecule has 0 bridgehead atoms. The van der Waals surface area contributed by atoms with Gasteiger partial charge in [-0.3, -0.25) is 20.7 Å². The molecule has 0 aliphatic carbocycles. The molecule has 2 aliphatic heterocycles. The molecule has 1 aromatic rings. The molecule has 4 atom stereocenters. The second kappa shape index (κ2) is 8.75. The van der Waals surface area contributed by atoms with E-state index in [0.717, 1.165) is 10.5 Å². The lowest BCUT2D eigenvalue weighted by Crippen LogP contribution is -2.66. The van der Waals surface area contributed by atoms with Crippen LogP contribution >= 0.6 is 0 Å². The first-order valence-electron chi connectivity index (χ1n) is 9.17. The molecule has 2 amide bonds. The van der Waals surface area contributed by atoms with Gasteiger partial charge >= 0.3 is 12.0 Å². The Morgan fingerprint density at radius 2 is 2.13 bits per heavy atom. The lowest BCUT2D eigenvalue weighted by Gasteiger charge is -2.35. The van der Waals surface area contributed by atoms with Crippen LogP contribution in [0, 0.1) is 10.1 Å². The minimum Gasteiger partial charge on any atom is -0.462 e. The van der Waals surface area contributed by atoms with Gasteiger partial charge in [0.25, 0.3) is 5.69 Å². The zero-order valence-electron chi connectivity index (χ0n) is 15.8. The van der Waals surface area contributed by atoms with Gasteiger partial charge in [-0.2, -0.15) is 0 Å². The molecule has 1 aromatic carbocycles. The highest BCUT2D eigenvalue weighted by atomic mass is 16.6. The summed E-state index contributed by atoms with van der Waals surface area (Å²) in [6.07, 6.45) is 0.384. The van der Waals surface area contributed by atoms with Crippen LogP contribution in [0.3, 0.4) is 0 Å². The number of nitro benzene ring substituents is 1. The molecule has 1 fully saturated rings. The summed E-state index contributed by atoms with van der Waals surface area (Å²) in [5.41, 5.74) is 4.75. The van der Waals surface area contributed by atoms with Crippen molar-refractivity contribution in [3.8, 4) is 0 Å². The van der Waals surface area contributed by atoms with Gasteiger partial charge in [-0.15, -0.1) is 0 Å². The number of hydrogen-bond acceptors (Lipinski definition) is 9. The van der Waals surface area contributed by atoms with Gasteiger partial charge < -0.3 is 25.0 Å². The van der Waals surface area contributed by atoms with Crippen molar-refractivity contribution in [3.63, 3.8) is 0 Å². The second-order valence-electron chi connectivity index (χ2n) is 6.95. The highest BCUT2D eigenvalue weighted by molar-refractivity contribution is 5.90. The number of nitrogens with zero attached hydrogens (tertiary/aromatic N) is 2. The van der Waals surface area contributed by atoms with E-state index in [2.05, 4.69) is 5.32 Å². The van der Waals surface area contributed by atoms with Gasteiger partial charge in [-0.1, -0.05) is 12.1 Å². The summed E-state index contributed by atoms with van der Waals surface area (Å²) in [5, 5.41) is 31.9. The highest BCUT2D eigenvalue weighted by Gasteiger charge is 2.44. The van der Waals surface area contributed by atoms with Crippen molar-refractivity contribution in [2.45, 2.75) is 36.9 Å². The maximum atomic E-state index is 12.4. The predicted octanol–water partition coefficient (Wildman–Crippen LogP) is -0.657. The number of non-ortho nitro benzene ring substituents is 1. The Kier molecular flexibility index (Phi) is 6.31. The molecule has 30 heavy (non-hydrogen) atoms. The monoisotopic (exact) mass is 422 g/mol. The van der Waals surface area contributed by atoms with E-state index >= 15 is 0 Å². The molecular weight excluding hydrogens is 400 g/mol. The molecule has 162 valence electrons. The van der Waals surface area contributed by atoms with Crippen LogP contribution in [-0.2, 0) is 20.7 Å². The number of rotatable bonds is 7. The van der Waals surface area contributed by atoms with Crippen LogP contribution in [0.4, 0.5) is 10.5 Å². The quantitative estimate of drug-likeness (QED) is 0.252. The molecular formula is C18H22N4O8. The number of hydrogen-bond donors (Lipinski definition) is 4. The molecule has 2 aliphatic rings. The number of nitrogens with one attached hydrogen (secondary N) is 1. The van der Waals surface area contributed by atoms with Gasteiger partial charge in [0, 0.05) is 31.2 Å².